The van der Waals surface area contributed by atoms with Crippen molar-refractivity contribution in [1.82, 2.24) is 0 Å². The maximum atomic E-state index is 11.3. The molecule has 0 aromatic rings. The minimum atomic E-state index is -1.48. The van der Waals surface area contributed by atoms with Gasteiger partial charge in [-0.25, -0.2) is 0 Å². The molecule has 5 atom stereocenters. The highest BCUT2D eigenvalue weighted by atomic mass is 16.7. The van der Waals surface area contributed by atoms with Crippen LogP contribution in [0.3, 0.4) is 0 Å². The lowest BCUT2D eigenvalue weighted by Gasteiger charge is -2.42. The lowest BCUT2D eigenvalue weighted by Crippen LogP contribution is -2.62. The van der Waals surface area contributed by atoms with Crippen molar-refractivity contribution in [2.24, 2.45) is 0 Å². The van der Waals surface area contributed by atoms with Gasteiger partial charge < -0.3 is 28.8 Å². The lowest BCUT2D eigenvalue weighted by atomic mass is 9.98. The van der Waals surface area contributed by atoms with Gasteiger partial charge in [0.05, 0.1) is 0 Å². The van der Waals surface area contributed by atoms with Gasteiger partial charge in [-0.2, -0.15) is 0 Å². The smallest absolute Gasteiger partial charge is 0.305 e. The molecule has 0 aromatic carbocycles. The number of rotatable bonds is 5. The van der Waals surface area contributed by atoms with Crippen LogP contribution in [0.15, 0.2) is 0 Å². The van der Waals surface area contributed by atoms with Gasteiger partial charge in [0, 0.05) is 27.7 Å². The highest BCUT2D eigenvalue weighted by molar-refractivity contribution is 5.68. The number of aliphatic hydroxyl groups excluding tert-OH is 1. The molecule has 1 rings (SSSR count). The van der Waals surface area contributed by atoms with E-state index in [0.29, 0.717) is 0 Å². The highest BCUT2D eigenvalue weighted by Crippen LogP contribution is 2.27. The van der Waals surface area contributed by atoms with Gasteiger partial charge in [-0.15, -0.1) is 0 Å². The second kappa shape index (κ2) is 8.60. The van der Waals surface area contributed by atoms with Crippen LogP contribution >= 0.6 is 0 Å². The van der Waals surface area contributed by atoms with Crippen molar-refractivity contribution in [3.05, 3.63) is 0 Å². The zero-order valence-corrected chi connectivity index (χ0v) is 13.7. The van der Waals surface area contributed by atoms with Gasteiger partial charge in [0.1, 0.15) is 18.8 Å². The quantitative estimate of drug-likeness (QED) is 0.490. The third-order valence-corrected chi connectivity index (χ3v) is 2.96. The van der Waals surface area contributed by atoms with E-state index in [-0.39, 0.29) is 6.61 Å². The molecule has 0 radical (unpaired) electrons. The zero-order chi connectivity index (χ0) is 18.4. The maximum absolute atomic E-state index is 11.3. The highest BCUT2D eigenvalue weighted by Gasteiger charge is 2.51. The summed E-state index contributed by atoms with van der Waals surface area (Å²) in [6.07, 6.45) is -6.83. The fourth-order valence-corrected chi connectivity index (χ4v) is 2.13. The van der Waals surface area contributed by atoms with Crippen LogP contribution in [0.4, 0.5) is 0 Å². The molecule has 1 fully saturated rings. The van der Waals surface area contributed by atoms with Gasteiger partial charge in [-0.3, -0.25) is 19.2 Å². The number of hydrogen-bond donors (Lipinski definition) is 1. The van der Waals surface area contributed by atoms with Crippen molar-refractivity contribution in [2.45, 2.75) is 58.4 Å². The molecule has 24 heavy (non-hydrogen) atoms. The molecule has 1 N–H and O–H groups in total. The van der Waals surface area contributed by atoms with Crippen molar-refractivity contribution in [1.29, 1.82) is 0 Å². The molecule has 0 bridgehead atoms. The molecule has 0 amide bonds. The molecule has 1 aliphatic heterocycles. The van der Waals surface area contributed by atoms with E-state index in [2.05, 4.69) is 0 Å². The van der Waals surface area contributed by atoms with Gasteiger partial charge in [0.25, 0.3) is 0 Å². The summed E-state index contributed by atoms with van der Waals surface area (Å²) in [5, 5.41) is 10.3. The van der Waals surface area contributed by atoms with Gasteiger partial charge in [0.2, 0.25) is 12.4 Å². The SMILES string of the molecule is CC(=O)OC[C@H]1OC(OC(C)=O)[C@H](OC(C)=O)[C@@H](OC(C)=O)[C@@H]1O. The number of ether oxygens (including phenoxy) is 5. The monoisotopic (exact) mass is 348 g/mol. The predicted molar refractivity (Wildman–Crippen MR) is 74.2 cm³/mol. The first kappa shape index (κ1) is 19.8. The van der Waals surface area contributed by atoms with Crippen molar-refractivity contribution in [3.63, 3.8) is 0 Å². The molecule has 10 heteroatoms. The Bertz CT molecular complexity index is 502. The molecule has 136 valence electrons. The Morgan fingerprint density at radius 1 is 0.833 bits per heavy atom. The summed E-state index contributed by atoms with van der Waals surface area (Å²) in [5.74, 6) is -2.89. The molecule has 0 saturated carbocycles. The van der Waals surface area contributed by atoms with Gasteiger partial charge >= 0.3 is 23.9 Å². The number of esters is 4. The standard InChI is InChI=1S/C14H20O10/c1-6(15)20-5-10-11(19)12(21-7(2)16)13(22-8(3)17)14(24-10)23-9(4)18/h10-14,19H,5H2,1-4H3/t10-,11-,12+,13-,14?/m1/s1. The van der Waals surface area contributed by atoms with Crippen LogP contribution < -0.4 is 0 Å². The fraction of sp³-hybridized carbons (Fsp3) is 0.714. The van der Waals surface area contributed by atoms with E-state index >= 15 is 0 Å². The predicted octanol–water partition coefficient (Wildman–Crippen LogP) is -0.938. The van der Waals surface area contributed by atoms with Crippen LogP contribution in [-0.4, -0.2) is 66.3 Å². The second-order valence-electron chi connectivity index (χ2n) is 5.09. The maximum Gasteiger partial charge on any atom is 0.305 e. The number of carbonyl (C=O) groups excluding carboxylic acids is 4. The minimum absolute atomic E-state index is 0.376. The molecular formula is C14H20O10. The van der Waals surface area contributed by atoms with E-state index in [0.717, 1.165) is 27.7 Å². The van der Waals surface area contributed by atoms with Crippen LogP contribution in [-0.2, 0) is 42.9 Å². The Hall–Kier alpha value is -2.20. The van der Waals surface area contributed by atoms with Crippen LogP contribution in [0.5, 0.6) is 0 Å². The Labute approximate surface area is 137 Å². The Kier molecular flexibility index (Phi) is 7.11. The van der Waals surface area contributed by atoms with Crippen molar-refractivity contribution in [3.8, 4) is 0 Å². The summed E-state index contributed by atoms with van der Waals surface area (Å²) in [7, 11) is 0. The molecule has 0 aromatic heterocycles. The Balaban J connectivity index is 3.07. The largest absolute Gasteiger partial charge is 0.463 e. The minimum Gasteiger partial charge on any atom is -0.463 e. The molecule has 1 heterocycles. The van der Waals surface area contributed by atoms with Crippen LogP contribution in [0, 0.1) is 0 Å². The summed E-state index contributed by atoms with van der Waals surface area (Å²) < 4.78 is 25.0. The first-order valence-electron chi connectivity index (χ1n) is 7.10. The topological polar surface area (TPSA) is 135 Å². The molecule has 1 saturated heterocycles. The van der Waals surface area contributed by atoms with E-state index in [1.165, 1.54) is 0 Å². The first-order chi connectivity index (χ1) is 11.1. The third kappa shape index (κ3) is 5.78. The summed E-state index contributed by atoms with van der Waals surface area (Å²) in [6.45, 7) is 4.06. The third-order valence-electron chi connectivity index (χ3n) is 2.96. The van der Waals surface area contributed by atoms with Crippen LogP contribution in [0.1, 0.15) is 27.7 Å². The van der Waals surface area contributed by atoms with Crippen molar-refractivity contribution >= 4 is 23.9 Å². The molecule has 0 spiro atoms. The second-order valence-corrected chi connectivity index (χ2v) is 5.09. The van der Waals surface area contributed by atoms with E-state index < -0.39 is 54.6 Å². The average molecular weight is 348 g/mol. The normalized spacial score (nSPS) is 29.3. The summed E-state index contributed by atoms with van der Waals surface area (Å²) in [4.78, 5) is 44.7. The zero-order valence-electron chi connectivity index (χ0n) is 13.7. The summed E-state index contributed by atoms with van der Waals surface area (Å²) >= 11 is 0. The molecule has 10 nitrogen and oxygen atoms in total. The average Bonchev–Trinajstić information content (AvgIpc) is 2.42. The van der Waals surface area contributed by atoms with Gasteiger partial charge in [-0.1, -0.05) is 0 Å². The lowest BCUT2D eigenvalue weighted by molar-refractivity contribution is -0.298. The van der Waals surface area contributed by atoms with Crippen LogP contribution in [0.2, 0.25) is 0 Å². The van der Waals surface area contributed by atoms with E-state index in [9.17, 15) is 24.3 Å². The van der Waals surface area contributed by atoms with Crippen molar-refractivity contribution < 1.29 is 48.0 Å². The molecule has 1 aliphatic rings. The Morgan fingerprint density at radius 2 is 1.33 bits per heavy atom. The summed E-state index contributed by atoms with van der Waals surface area (Å²) in [5.41, 5.74) is 0. The van der Waals surface area contributed by atoms with E-state index in [1.54, 1.807) is 0 Å². The number of hydrogen-bond acceptors (Lipinski definition) is 10. The van der Waals surface area contributed by atoms with Crippen LogP contribution in [0.25, 0.3) is 0 Å². The number of aliphatic hydroxyl groups is 1. The Morgan fingerprint density at radius 3 is 1.79 bits per heavy atom. The first-order valence-corrected chi connectivity index (χ1v) is 7.10. The molecule has 0 aliphatic carbocycles. The number of carbonyl (C=O) groups is 4. The van der Waals surface area contributed by atoms with Gasteiger partial charge in [0.15, 0.2) is 6.10 Å². The van der Waals surface area contributed by atoms with Crippen molar-refractivity contribution in [2.75, 3.05) is 6.61 Å². The fourth-order valence-electron chi connectivity index (χ4n) is 2.13. The van der Waals surface area contributed by atoms with E-state index in [4.69, 9.17) is 23.7 Å². The molecular weight excluding hydrogens is 328 g/mol. The van der Waals surface area contributed by atoms with E-state index in [1.807, 2.05) is 0 Å². The molecule has 1 unspecified atom stereocenters. The summed E-state index contributed by atoms with van der Waals surface area (Å²) in [6, 6.07) is 0. The van der Waals surface area contributed by atoms with Gasteiger partial charge in [-0.05, 0) is 0 Å².